The predicted molar refractivity (Wildman–Crippen MR) is 74.5 cm³/mol. The molecule has 0 heterocycles. The van der Waals surface area contributed by atoms with Crippen LogP contribution in [0.3, 0.4) is 0 Å². The van der Waals surface area contributed by atoms with Gasteiger partial charge in [-0.2, -0.15) is 0 Å². The first-order valence-electron chi connectivity index (χ1n) is 6.50. The van der Waals surface area contributed by atoms with Gasteiger partial charge < -0.3 is 20.6 Å². The first-order chi connectivity index (χ1) is 9.49. The fraction of sp³-hybridized carbons (Fsp3) is 0.357. The molecule has 0 aliphatic heterocycles. The van der Waals surface area contributed by atoms with E-state index in [1.54, 1.807) is 6.07 Å². The lowest BCUT2D eigenvalue weighted by Crippen LogP contribution is -2.33. The molecule has 0 fully saturated rings. The van der Waals surface area contributed by atoms with E-state index in [9.17, 15) is 4.79 Å². The highest BCUT2D eigenvalue weighted by Crippen LogP contribution is 2.26. The molecule has 20 heavy (non-hydrogen) atoms. The second-order valence-electron chi connectivity index (χ2n) is 4.87. The molecule has 0 aromatic heterocycles. The summed E-state index contributed by atoms with van der Waals surface area (Å²) in [6.45, 7) is 0. The average molecular weight is 277 g/mol. The standard InChI is InChI=1S/C14H19N3O3/c1-17(16)12(14(18)19)13(15)20-11-7-6-9-4-2-3-5-10(9)8-11/h6-8H,2-5,15-16H2,1H3,(H,18,19)/b13-12+. The van der Waals surface area contributed by atoms with Crippen LogP contribution in [-0.4, -0.2) is 23.1 Å². The summed E-state index contributed by atoms with van der Waals surface area (Å²) in [7, 11) is 1.40. The van der Waals surface area contributed by atoms with E-state index in [1.165, 1.54) is 24.6 Å². The van der Waals surface area contributed by atoms with E-state index in [2.05, 4.69) is 0 Å². The molecule has 6 nitrogen and oxygen atoms in total. The molecule has 1 aromatic carbocycles. The zero-order chi connectivity index (χ0) is 14.7. The normalized spacial score (nSPS) is 15.1. The van der Waals surface area contributed by atoms with Crippen molar-refractivity contribution in [2.24, 2.45) is 11.6 Å². The summed E-state index contributed by atoms with van der Waals surface area (Å²) in [6, 6.07) is 5.72. The molecule has 0 bridgehead atoms. The number of hydrogen-bond donors (Lipinski definition) is 3. The van der Waals surface area contributed by atoms with Gasteiger partial charge in [0, 0.05) is 7.05 Å². The third-order valence-corrected chi connectivity index (χ3v) is 3.34. The molecule has 2 rings (SSSR count). The number of nitrogens with two attached hydrogens (primary N) is 2. The monoisotopic (exact) mass is 277 g/mol. The van der Waals surface area contributed by atoms with Crippen molar-refractivity contribution in [3.05, 3.63) is 40.9 Å². The topological polar surface area (TPSA) is 102 Å². The summed E-state index contributed by atoms with van der Waals surface area (Å²) in [4.78, 5) is 11.1. The maximum atomic E-state index is 11.1. The number of carboxylic acids is 1. The fourth-order valence-corrected chi connectivity index (χ4v) is 2.38. The Morgan fingerprint density at radius 1 is 1.30 bits per heavy atom. The van der Waals surface area contributed by atoms with Gasteiger partial charge in [0.15, 0.2) is 5.70 Å². The van der Waals surface area contributed by atoms with Crippen LogP contribution < -0.4 is 16.3 Å². The van der Waals surface area contributed by atoms with Gasteiger partial charge >= 0.3 is 5.97 Å². The van der Waals surface area contributed by atoms with E-state index in [0.717, 1.165) is 24.3 Å². The van der Waals surface area contributed by atoms with E-state index < -0.39 is 5.97 Å². The highest BCUT2D eigenvalue weighted by Gasteiger charge is 2.18. The number of fused-ring (bicyclic) bond motifs is 1. The Morgan fingerprint density at radius 3 is 2.55 bits per heavy atom. The fourth-order valence-electron chi connectivity index (χ4n) is 2.38. The van der Waals surface area contributed by atoms with Gasteiger partial charge in [-0.3, -0.25) is 0 Å². The minimum Gasteiger partial charge on any atom is -0.476 e. The van der Waals surface area contributed by atoms with Crippen LogP contribution in [0.5, 0.6) is 5.75 Å². The summed E-state index contributed by atoms with van der Waals surface area (Å²) in [5.41, 5.74) is 7.96. The number of hydrazine groups is 1. The van der Waals surface area contributed by atoms with Crippen molar-refractivity contribution >= 4 is 5.97 Å². The number of ether oxygens (including phenoxy) is 1. The van der Waals surface area contributed by atoms with Crippen molar-refractivity contribution in [3.63, 3.8) is 0 Å². The predicted octanol–water partition coefficient (Wildman–Crippen LogP) is 0.962. The van der Waals surface area contributed by atoms with E-state index in [-0.39, 0.29) is 11.6 Å². The molecule has 0 spiro atoms. The van der Waals surface area contributed by atoms with Crippen LogP contribution in [0.4, 0.5) is 0 Å². The Bertz CT molecular complexity index is 553. The molecule has 1 aliphatic carbocycles. The molecular formula is C14H19N3O3. The lowest BCUT2D eigenvalue weighted by molar-refractivity contribution is -0.134. The summed E-state index contributed by atoms with van der Waals surface area (Å²) in [6.07, 6.45) is 4.45. The molecule has 0 atom stereocenters. The molecule has 108 valence electrons. The molecule has 1 aliphatic rings. The molecule has 0 saturated carbocycles. The minimum absolute atomic E-state index is 0.224. The largest absolute Gasteiger partial charge is 0.476 e. The van der Waals surface area contributed by atoms with Crippen molar-refractivity contribution < 1.29 is 14.6 Å². The zero-order valence-electron chi connectivity index (χ0n) is 11.4. The number of carboxylic acid groups (broad SMARTS) is 1. The third-order valence-electron chi connectivity index (χ3n) is 3.34. The first kappa shape index (κ1) is 14.2. The highest BCUT2D eigenvalue weighted by molar-refractivity contribution is 5.86. The number of likely N-dealkylation sites (N-methyl/N-ethyl adjacent to an activating group) is 1. The van der Waals surface area contributed by atoms with Gasteiger partial charge in [0.2, 0.25) is 5.88 Å². The molecule has 0 saturated heterocycles. The van der Waals surface area contributed by atoms with E-state index in [4.69, 9.17) is 21.4 Å². The van der Waals surface area contributed by atoms with Gasteiger partial charge in [-0.1, -0.05) is 6.07 Å². The number of aryl methyl sites for hydroxylation is 2. The van der Waals surface area contributed by atoms with Crippen LogP contribution >= 0.6 is 0 Å². The number of benzene rings is 1. The maximum Gasteiger partial charge on any atom is 0.359 e. The maximum absolute atomic E-state index is 11.1. The van der Waals surface area contributed by atoms with Crippen LogP contribution in [-0.2, 0) is 17.6 Å². The van der Waals surface area contributed by atoms with Gasteiger partial charge in [0.25, 0.3) is 0 Å². The molecule has 6 heteroatoms. The third kappa shape index (κ3) is 3.03. The zero-order valence-corrected chi connectivity index (χ0v) is 11.4. The van der Waals surface area contributed by atoms with Crippen molar-refractivity contribution in [3.8, 4) is 5.75 Å². The van der Waals surface area contributed by atoms with Crippen molar-refractivity contribution in [1.29, 1.82) is 0 Å². The highest BCUT2D eigenvalue weighted by atomic mass is 16.5. The Balaban J connectivity index is 2.25. The average Bonchev–Trinajstić information content (AvgIpc) is 2.37. The lowest BCUT2D eigenvalue weighted by Gasteiger charge is -2.18. The summed E-state index contributed by atoms with van der Waals surface area (Å²) in [5.74, 6) is 4.51. The molecule has 5 N–H and O–H groups in total. The SMILES string of the molecule is CN(N)/C(C(=O)O)=C(\N)Oc1ccc2c(c1)CCCC2. The molecule has 1 aromatic rings. The van der Waals surface area contributed by atoms with Gasteiger partial charge in [-0.25, -0.2) is 10.6 Å². The second-order valence-corrected chi connectivity index (χ2v) is 4.87. The smallest absolute Gasteiger partial charge is 0.359 e. The van der Waals surface area contributed by atoms with Gasteiger partial charge in [0.05, 0.1) is 0 Å². The Morgan fingerprint density at radius 2 is 1.95 bits per heavy atom. The van der Waals surface area contributed by atoms with Crippen LogP contribution in [0.1, 0.15) is 24.0 Å². The van der Waals surface area contributed by atoms with Gasteiger partial charge in [-0.15, -0.1) is 0 Å². The molecular weight excluding hydrogens is 258 g/mol. The van der Waals surface area contributed by atoms with Gasteiger partial charge in [-0.05, 0) is 48.9 Å². The number of nitrogens with zero attached hydrogens (tertiary/aromatic N) is 1. The van der Waals surface area contributed by atoms with Crippen molar-refractivity contribution in [2.75, 3.05) is 7.05 Å². The quantitative estimate of drug-likeness (QED) is 0.328. The van der Waals surface area contributed by atoms with Crippen molar-refractivity contribution in [2.45, 2.75) is 25.7 Å². The Hall–Kier alpha value is -2.21. The van der Waals surface area contributed by atoms with E-state index >= 15 is 0 Å². The number of hydrogen-bond acceptors (Lipinski definition) is 5. The van der Waals surface area contributed by atoms with Crippen LogP contribution in [0.25, 0.3) is 0 Å². The van der Waals surface area contributed by atoms with Crippen molar-refractivity contribution in [1.82, 2.24) is 5.01 Å². The molecule has 0 unspecified atom stereocenters. The Labute approximate surface area is 117 Å². The van der Waals surface area contributed by atoms with E-state index in [0.29, 0.717) is 5.75 Å². The second kappa shape index (κ2) is 5.83. The van der Waals surface area contributed by atoms with E-state index in [1.807, 2.05) is 12.1 Å². The first-order valence-corrected chi connectivity index (χ1v) is 6.50. The Kier molecular flexibility index (Phi) is 4.14. The number of rotatable bonds is 4. The summed E-state index contributed by atoms with van der Waals surface area (Å²) in [5, 5.41) is 9.97. The summed E-state index contributed by atoms with van der Waals surface area (Å²) >= 11 is 0. The lowest BCUT2D eigenvalue weighted by atomic mass is 9.92. The van der Waals surface area contributed by atoms with Crippen LogP contribution in [0.15, 0.2) is 29.8 Å². The minimum atomic E-state index is -1.23. The van der Waals surface area contributed by atoms with Gasteiger partial charge in [0.1, 0.15) is 5.75 Å². The van der Waals surface area contributed by atoms with Crippen LogP contribution in [0.2, 0.25) is 0 Å². The molecule has 0 radical (unpaired) electrons. The van der Waals surface area contributed by atoms with Crippen LogP contribution in [0, 0.1) is 0 Å². The molecule has 0 amide bonds. The number of aliphatic carboxylic acids is 1. The number of carbonyl (C=O) groups is 1. The summed E-state index contributed by atoms with van der Waals surface area (Å²) < 4.78 is 5.42.